The molecule has 3 heteroatoms. The molecule has 21 heavy (non-hydrogen) atoms. The van der Waals surface area contributed by atoms with Crippen LogP contribution in [0.3, 0.4) is 0 Å². The van der Waals surface area contributed by atoms with E-state index in [1.165, 1.54) is 5.56 Å². The number of ether oxygens (including phenoxy) is 1. The lowest BCUT2D eigenvalue weighted by Crippen LogP contribution is -2.11. The molecule has 1 aromatic heterocycles. The molecule has 0 aliphatic rings. The lowest BCUT2D eigenvalue weighted by atomic mass is 10.1. The van der Waals surface area contributed by atoms with Crippen molar-refractivity contribution in [3.63, 3.8) is 0 Å². The van der Waals surface area contributed by atoms with Crippen LogP contribution < -0.4 is 10.1 Å². The van der Waals surface area contributed by atoms with Crippen molar-refractivity contribution in [2.45, 2.75) is 13.0 Å². The van der Waals surface area contributed by atoms with E-state index in [0.29, 0.717) is 6.04 Å². The Kier molecular flexibility index (Phi) is 3.84. The molecular weight excluding hydrogens is 260 g/mol. The Morgan fingerprint density at radius 3 is 2.71 bits per heavy atom. The summed E-state index contributed by atoms with van der Waals surface area (Å²) in [6, 6.07) is 18.4. The third kappa shape index (κ3) is 3.03. The molecule has 0 fully saturated rings. The van der Waals surface area contributed by atoms with Crippen LogP contribution in [0.25, 0.3) is 10.9 Å². The number of para-hydroxylation sites is 1. The molecule has 3 nitrogen and oxygen atoms in total. The van der Waals surface area contributed by atoms with E-state index in [2.05, 4.69) is 29.4 Å². The molecule has 106 valence electrons. The van der Waals surface area contributed by atoms with Crippen LogP contribution in [0.15, 0.2) is 60.8 Å². The molecule has 1 N–H and O–H groups in total. The van der Waals surface area contributed by atoms with Crippen LogP contribution in [0.1, 0.15) is 18.5 Å². The Labute approximate surface area is 124 Å². The standard InChI is InChI=1S/C18H18N2O/c1-13(19-2)14-7-5-8-16(10-14)21-17-11-15-6-3-4-9-18(15)20-12-17/h3-13,19H,1-2H3. The molecule has 0 spiro atoms. The van der Waals surface area contributed by atoms with Gasteiger partial charge in [-0.1, -0.05) is 30.3 Å². The van der Waals surface area contributed by atoms with Gasteiger partial charge in [-0.3, -0.25) is 4.98 Å². The molecule has 2 aromatic carbocycles. The summed E-state index contributed by atoms with van der Waals surface area (Å²) in [7, 11) is 1.95. The molecule has 0 saturated carbocycles. The third-order valence-electron chi connectivity index (χ3n) is 3.59. The fourth-order valence-electron chi connectivity index (χ4n) is 2.26. The van der Waals surface area contributed by atoms with Gasteiger partial charge in [0, 0.05) is 11.4 Å². The number of hydrogen-bond acceptors (Lipinski definition) is 3. The van der Waals surface area contributed by atoms with Crippen LogP contribution in [0.5, 0.6) is 11.5 Å². The van der Waals surface area contributed by atoms with Gasteiger partial charge >= 0.3 is 0 Å². The Bertz CT molecular complexity index is 755. The van der Waals surface area contributed by atoms with E-state index in [4.69, 9.17) is 4.74 Å². The Morgan fingerprint density at radius 1 is 1.00 bits per heavy atom. The first-order valence-corrected chi connectivity index (χ1v) is 7.06. The normalized spacial score (nSPS) is 12.3. The van der Waals surface area contributed by atoms with Crippen LogP contribution in [0, 0.1) is 0 Å². The van der Waals surface area contributed by atoms with Crippen LogP contribution in [-0.2, 0) is 0 Å². The first-order chi connectivity index (χ1) is 10.3. The molecule has 0 bridgehead atoms. The van der Waals surface area contributed by atoms with Crippen molar-refractivity contribution in [3.05, 3.63) is 66.4 Å². The van der Waals surface area contributed by atoms with Crippen molar-refractivity contribution in [3.8, 4) is 11.5 Å². The van der Waals surface area contributed by atoms with Crippen molar-refractivity contribution in [2.24, 2.45) is 0 Å². The summed E-state index contributed by atoms with van der Waals surface area (Å²) in [5.41, 5.74) is 2.17. The average Bonchev–Trinajstić information content (AvgIpc) is 2.54. The van der Waals surface area contributed by atoms with Crippen LogP contribution >= 0.6 is 0 Å². The van der Waals surface area contributed by atoms with Crippen molar-refractivity contribution >= 4 is 10.9 Å². The molecule has 0 aliphatic carbocycles. The Hall–Kier alpha value is -2.39. The minimum absolute atomic E-state index is 0.295. The van der Waals surface area contributed by atoms with E-state index >= 15 is 0 Å². The van der Waals surface area contributed by atoms with Gasteiger partial charge in [-0.15, -0.1) is 0 Å². The van der Waals surface area contributed by atoms with Gasteiger partial charge in [-0.2, -0.15) is 0 Å². The second-order valence-corrected chi connectivity index (χ2v) is 5.05. The Balaban J connectivity index is 1.87. The fourth-order valence-corrected chi connectivity index (χ4v) is 2.26. The van der Waals surface area contributed by atoms with Gasteiger partial charge in [0.15, 0.2) is 0 Å². The maximum absolute atomic E-state index is 5.93. The van der Waals surface area contributed by atoms with E-state index < -0.39 is 0 Å². The number of benzene rings is 2. The topological polar surface area (TPSA) is 34.1 Å². The number of nitrogens with one attached hydrogen (secondary N) is 1. The zero-order chi connectivity index (χ0) is 14.7. The van der Waals surface area contributed by atoms with Gasteiger partial charge in [0.25, 0.3) is 0 Å². The number of fused-ring (bicyclic) bond motifs is 1. The lowest BCUT2D eigenvalue weighted by molar-refractivity contribution is 0.479. The first kappa shape index (κ1) is 13.6. The smallest absolute Gasteiger partial charge is 0.146 e. The zero-order valence-electron chi connectivity index (χ0n) is 12.2. The number of aromatic nitrogens is 1. The minimum atomic E-state index is 0.295. The predicted molar refractivity (Wildman–Crippen MR) is 85.7 cm³/mol. The van der Waals surface area contributed by atoms with Crippen LogP contribution in [-0.4, -0.2) is 12.0 Å². The van der Waals surface area contributed by atoms with Gasteiger partial charge in [-0.25, -0.2) is 0 Å². The lowest BCUT2D eigenvalue weighted by Gasteiger charge is -2.12. The predicted octanol–water partition coefficient (Wildman–Crippen LogP) is 4.31. The maximum Gasteiger partial charge on any atom is 0.146 e. The summed E-state index contributed by atoms with van der Waals surface area (Å²) in [4.78, 5) is 4.41. The summed E-state index contributed by atoms with van der Waals surface area (Å²) in [5, 5.41) is 4.31. The third-order valence-corrected chi connectivity index (χ3v) is 3.59. The average molecular weight is 278 g/mol. The SMILES string of the molecule is CNC(C)c1cccc(Oc2cnc3ccccc3c2)c1. The van der Waals surface area contributed by atoms with Crippen molar-refractivity contribution in [2.75, 3.05) is 7.05 Å². The van der Waals surface area contributed by atoms with Gasteiger partial charge < -0.3 is 10.1 Å². The van der Waals surface area contributed by atoms with Gasteiger partial charge in [-0.05, 0) is 43.8 Å². The van der Waals surface area contributed by atoms with Crippen LogP contribution in [0.4, 0.5) is 0 Å². The highest BCUT2D eigenvalue weighted by Crippen LogP contribution is 2.26. The minimum Gasteiger partial charge on any atom is -0.456 e. The molecule has 0 amide bonds. The summed E-state index contributed by atoms with van der Waals surface area (Å²) in [6.45, 7) is 2.12. The van der Waals surface area contributed by atoms with Crippen molar-refractivity contribution in [1.29, 1.82) is 0 Å². The van der Waals surface area contributed by atoms with Gasteiger partial charge in [0.05, 0.1) is 11.7 Å². The summed E-state index contributed by atoms with van der Waals surface area (Å²) >= 11 is 0. The molecule has 1 heterocycles. The Morgan fingerprint density at radius 2 is 1.86 bits per heavy atom. The molecular formula is C18H18N2O. The molecule has 3 aromatic rings. The van der Waals surface area contributed by atoms with E-state index in [1.54, 1.807) is 6.20 Å². The van der Waals surface area contributed by atoms with Crippen molar-refractivity contribution in [1.82, 2.24) is 10.3 Å². The van der Waals surface area contributed by atoms with Gasteiger partial charge in [0.1, 0.15) is 11.5 Å². The molecule has 1 unspecified atom stereocenters. The number of hydrogen-bond donors (Lipinski definition) is 1. The van der Waals surface area contributed by atoms with Crippen LogP contribution in [0.2, 0.25) is 0 Å². The van der Waals surface area contributed by atoms with E-state index in [1.807, 2.05) is 49.5 Å². The summed E-state index contributed by atoms with van der Waals surface area (Å²) < 4.78 is 5.93. The monoisotopic (exact) mass is 278 g/mol. The highest BCUT2D eigenvalue weighted by molar-refractivity contribution is 5.79. The van der Waals surface area contributed by atoms with E-state index in [-0.39, 0.29) is 0 Å². The molecule has 3 rings (SSSR count). The quantitative estimate of drug-likeness (QED) is 0.772. The molecule has 0 aliphatic heterocycles. The van der Waals surface area contributed by atoms with Gasteiger partial charge in [0.2, 0.25) is 0 Å². The second-order valence-electron chi connectivity index (χ2n) is 5.05. The highest BCUT2D eigenvalue weighted by atomic mass is 16.5. The summed E-state index contributed by atoms with van der Waals surface area (Å²) in [6.07, 6.45) is 1.76. The molecule has 1 atom stereocenters. The second kappa shape index (κ2) is 5.94. The van der Waals surface area contributed by atoms with Crippen molar-refractivity contribution < 1.29 is 4.74 Å². The first-order valence-electron chi connectivity index (χ1n) is 7.06. The maximum atomic E-state index is 5.93. The molecule has 0 saturated heterocycles. The summed E-state index contributed by atoms with van der Waals surface area (Å²) in [5.74, 6) is 1.58. The largest absolute Gasteiger partial charge is 0.456 e. The van der Waals surface area contributed by atoms with E-state index in [9.17, 15) is 0 Å². The number of nitrogens with zero attached hydrogens (tertiary/aromatic N) is 1. The fraction of sp³-hybridized carbons (Fsp3) is 0.167. The number of rotatable bonds is 4. The number of pyridine rings is 1. The highest BCUT2D eigenvalue weighted by Gasteiger charge is 2.05. The van der Waals surface area contributed by atoms with E-state index in [0.717, 1.165) is 22.4 Å². The zero-order valence-corrected chi connectivity index (χ0v) is 12.2. The molecule has 0 radical (unpaired) electrons.